The lowest BCUT2D eigenvalue weighted by Crippen LogP contribution is -2.59. The molecule has 1 aliphatic rings. The van der Waals surface area contributed by atoms with Crippen LogP contribution in [0, 0.1) is 0 Å². The predicted molar refractivity (Wildman–Crippen MR) is 183 cm³/mol. The van der Waals surface area contributed by atoms with Crippen LogP contribution in [0.15, 0.2) is 103 Å². The Labute approximate surface area is 285 Å². The summed E-state index contributed by atoms with van der Waals surface area (Å²) >= 11 is 6.55. The second-order valence-corrected chi connectivity index (χ2v) is 12.8. The molecule has 1 aliphatic heterocycles. The molecule has 0 spiro atoms. The Morgan fingerprint density at radius 3 is 1.98 bits per heavy atom. The third-order valence-corrected chi connectivity index (χ3v) is 9.85. The van der Waals surface area contributed by atoms with Crippen molar-refractivity contribution in [1.82, 2.24) is 9.80 Å². The fourth-order valence-electron chi connectivity index (χ4n) is 6.56. The van der Waals surface area contributed by atoms with Gasteiger partial charge < -0.3 is 14.7 Å². The Morgan fingerprint density at radius 1 is 0.854 bits per heavy atom. The second kappa shape index (κ2) is 14.6. The number of carboxylic acid groups (broad SMARTS) is 1. The number of hydrogen-bond acceptors (Lipinski definition) is 5. The molecule has 1 atom stereocenters. The molecular weight excluding hydrogens is 639 g/mol. The van der Waals surface area contributed by atoms with Crippen molar-refractivity contribution in [2.45, 2.75) is 51.2 Å². The molecule has 48 heavy (non-hydrogen) atoms. The van der Waals surface area contributed by atoms with Crippen LogP contribution in [0.4, 0.5) is 18.9 Å². The highest BCUT2D eigenvalue weighted by Crippen LogP contribution is 2.45. The molecular formula is C38H41ClF3N3O3. The normalized spacial score (nSPS) is 15.7. The highest BCUT2D eigenvalue weighted by atomic mass is 35.5. The van der Waals surface area contributed by atoms with Crippen molar-refractivity contribution < 1.29 is 27.8 Å². The second-order valence-electron chi connectivity index (χ2n) is 12.5. The molecule has 4 aromatic rings. The number of benzene rings is 4. The quantitative estimate of drug-likeness (QED) is 0.152. The van der Waals surface area contributed by atoms with Crippen LogP contribution >= 0.6 is 11.6 Å². The van der Waals surface area contributed by atoms with Crippen LogP contribution in [-0.2, 0) is 23.1 Å². The van der Waals surface area contributed by atoms with Gasteiger partial charge in [-0.1, -0.05) is 97.4 Å². The molecule has 1 saturated heterocycles. The standard InChI is InChI=1S/C38H41ClF3N3O3/c1-4-36(2,48-32-19-12-18-31(25-32)44-23-21-43(22-24-44)27-34(46)47)45(26-28-13-11-20-33(35(28)39)38(40,41)42)37(3,29-14-7-5-8-15-29)30-16-9-6-10-17-30/h5-20,25H,4,21-24,26-27H2,1-3H3,(H,46,47)/t36-/m1/s1. The van der Waals surface area contributed by atoms with Gasteiger partial charge in [-0.05, 0) is 55.2 Å². The third-order valence-electron chi connectivity index (χ3n) is 9.40. The van der Waals surface area contributed by atoms with Crippen LogP contribution in [0.1, 0.15) is 49.4 Å². The molecule has 10 heteroatoms. The van der Waals surface area contributed by atoms with Crippen LogP contribution in [0.3, 0.4) is 0 Å². The van der Waals surface area contributed by atoms with Crippen molar-refractivity contribution in [3.8, 4) is 5.75 Å². The first-order chi connectivity index (χ1) is 22.8. The Morgan fingerprint density at radius 2 is 1.44 bits per heavy atom. The third kappa shape index (κ3) is 7.64. The van der Waals surface area contributed by atoms with Gasteiger partial charge in [-0.15, -0.1) is 0 Å². The van der Waals surface area contributed by atoms with E-state index < -0.39 is 29.0 Å². The molecule has 1 heterocycles. The fraction of sp³-hybridized carbons (Fsp3) is 0.342. The summed E-state index contributed by atoms with van der Waals surface area (Å²) in [5.74, 6) is -0.236. The molecule has 5 rings (SSSR count). The number of anilines is 1. The number of nitrogens with zero attached hydrogens (tertiary/aromatic N) is 3. The molecule has 6 nitrogen and oxygen atoms in total. The van der Waals surface area contributed by atoms with E-state index in [0.717, 1.165) is 22.9 Å². The van der Waals surface area contributed by atoms with Gasteiger partial charge in [0, 0.05) is 44.5 Å². The first-order valence-corrected chi connectivity index (χ1v) is 16.4. The average molecular weight is 680 g/mol. The largest absolute Gasteiger partial charge is 0.480 e. The topological polar surface area (TPSA) is 56.3 Å². The maximum atomic E-state index is 14.0. The summed E-state index contributed by atoms with van der Waals surface area (Å²) < 4.78 is 49.1. The minimum atomic E-state index is -4.61. The van der Waals surface area contributed by atoms with Gasteiger partial charge in [-0.2, -0.15) is 13.2 Å². The van der Waals surface area contributed by atoms with Crippen molar-refractivity contribution in [2.75, 3.05) is 37.6 Å². The molecule has 0 aromatic heterocycles. The first kappa shape index (κ1) is 35.3. The van der Waals surface area contributed by atoms with Gasteiger partial charge in [0.05, 0.1) is 22.7 Å². The van der Waals surface area contributed by atoms with Crippen LogP contribution in [0.2, 0.25) is 5.02 Å². The van der Waals surface area contributed by atoms with Gasteiger partial charge in [0.25, 0.3) is 0 Å². The lowest BCUT2D eigenvalue weighted by Gasteiger charge is -2.51. The van der Waals surface area contributed by atoms with Crippen molar-refractivity contribution >= 4 is 23.3 Å². The van der Waals surface area contributed by atoms with Crippen molar-refractivity contribution in [3.05, 3.63) is 130 Å². The minimum Gasteiger partial charge on any atom is -0.480 e. The number of alkyl halides is 3. The van der Waals surface area contributed by atoms with E-state index in [4.69, 9.17) is 16.3 Å². The van der Waals surface area contributed by atoms with Crippen molar-refractivity contribution in [1.29, 1.82) is 0 Å². The lowest BCUT2D eigenvalue weighted by molar-refractivity contribution is -0.139. The maximum Gasteiger partial charge on any atom is 0.417 e. The average Bonchev–Trinajstić information content (AvgIpc) is 3.08. The van der Waals surface area contributed by atoms with E-state index in [1.54, 1.807) is 6.07 Å². The number of hydrogen-bond donors (Lipinski definition) is 1. The summed E-state index contributed by atoms with van der Waals surface area (Å²) in [7, 11) is 0. The van der Waals surface area contributed by atoms with Gasteiger partial charge in [-0.3, -0.25) is 9.69 Å². The van der Waals surface area contributed by atoms with E-state index in [2.05, 4.69) is 16.7 Å². The van der Waals surface area contributed by atoms with Crippen molar-refractivity contribution in [3.63, 3.8) is 0 Å². The SMILES string of the molecule is CC[C@@](C)(Oc1cccc(N2CCN(CC(=O)O)CC2)c1)N(Cc1cccc(C(F)(F)F)c1Cl)C(C)(c1ccccc1)c1ccccc1. The fourth-order valence-corrected chi connectivity index (χ4v) is 6.86. The molecule has 0 radical (unpaired) electrons. The molecule has 0 amide bonds. The van der Waals surface area contributed by atoms with Crippen LogP contribution in [0.5, 0.6) is 5.75 Å². The van der Waals surface area contributed by atoms with E-state index in [9.17, 15) is 23.1 Å². The van der Waals surface area contributed by atoms with Gasteiger partial charge in [-0.25, -0.2) is 4.90 Å². The summed E-state index contributed by atoms with van der Waals surface area (Å²) in [6.45, 7) is 8.70. The Bertz CT molecular complexity index is 1640. The summed E-state index contributed by atoms with van der Waals surface area (Å²) in [5.41, 5.74) is 0.368. The monoisotopic (exact) mass is 679 g/mol. The van der Waals surface area contributed by atoms with Gasteiger partial charge in [0.2, 0.25) is 0 Å². The minimum absolute atomic E-state index is 0.0131. The molecule has 0 saturated carbocycles. The number of piperazine rings is 1. The Hall–Kier alpha value is -4.05. The Kier molecular flexibility index (Phi) is 10.7. The smallest absolute Gasteiger partial charge is 0.417 e. The van der Waals surface area contributed by atoms with E-state index >= 15 is 0 Å². The first-order valence-electron chi connectivity index (χ1n) is 16.1. The van der Waals surface area contributed by atoms with Crippen LogP contribution < -0.4 is 9.64 Å². The molecule has 4 aromatic carbocycles. The van der Waals surface area contributed by atoms with Gasteiger partial charge in [0.1, 0.15) is 5.75 Å². The number of rotatable bonds is 12. The molecule has 0 aliphatic carbocycles. The Balaban J connectivity index is 1.58. The van der Waals surface area contributed by atoms with E-state index in [-0.39, 0.29) is 18.1 Å². The maximum absolute atomic E-state index is 14.0. The number of halogens is 4. The van der Waals surface area contributed by atoms with Crippen molar-refractivity contribution in [2.24, 2.45) is 0 Å². The lowest BCUT2D eigenvalue weighted by atomic mass is 9.80. The molecule has 1 fully saturated rings. The molecule has 1 N–H and O–H groups in total. The highest BCUT2D eigenvalue weighted by molar-refractivity contribution is 6.32. The predicted octanol–water partition coefficient (Wildman–Crippen LogP) is 8.54. The number of ether oxygens (including phenoxy) is 1. The summed E-state index contributed by atoms with van der Waals surface area (Å²) in [6, 6.07) is 31.6. The van der Waals surface area contributed by atoms with E-state index in [1.807, 2.05) is 104 Å². The number of carbonyl (C=O) groups is 1. The number of aliphatic carboxylic acids is 1. The summed E-state index contributed by atoms with van der Waals surface area (Å²) in [6.07, 6.45) is -4.12. The zero-order valence-corrected chi connectivity index (χ0v) is 28.1. The van der Waals surface area contributed by atoms with E-state index in [0.29, 0.717) is 43.9 Å². The van der Waals surface area contributed by atoms with E-state index in [1.165, 1.54) is 6.07 Å². The highest BCUT2D eigenvalue weighted by Gasteiger charge is 2.47. The van der Waals surface area contributed by atoms with Crippen LogP contribution in [-0.4, -0.2) is 59.3 Å². The van der Waals surface area contributed by atoms with Crippen LogP contribution in [0.25, 0.3) is 0 Å². The summed E-state index contributed by atoms with van der Waals surface area (Å²) in [5, 5.41) is 8.86. The molecule has 254 valence electrons. The summed E-state index contributed by atoms with van der Waals surface area (Å²) in [4.78, 5) is 17.4. The number of carboxylic acids is 1. The van der Waals surface area contributed by atoms with Gasteiger partial charge in [0.15, 0.2) is 5.72 Å². The van der Waals surface area contributed by atoms with Gasteiger partial charge >= 0.3 is 12.1 Å². The molecule has 0 bridgehead atoms. The molecule has 0 unspecified atom stereocenters. The zero-order chi connectivity index (χ0) is 34.5. The zero-order valence-electron chi connectivity index (χ0n) is 27.4.